The molecule has 0 saturated heterocycles. The average molecular weight is 410 g/mol. The van der Waals surface area contributed by atoms with Crippen molar-refractivity contribution < 1.29 is 32.4 Å². The number of hydrogen-bond donors (Lipinski definition) is 3. The van der Waals surface area contributed by atoms with Gasteiger partial charge in [-0.25, -0.2) is 13.2 Å². The van der Waals surface area contributed by atoms with Crippen LogP contribution in [0.2, 0.25) is 0 Å². The van der Waals surface area contributed by atoms with E-state index in [-0.39, 0.29) is 19.0 Å². The number of likely N-dealkylation sites (N-methyl/N-ethyl adjacent to an activating group) is 1. The predicted molar refractivity (Wildman–Crippen MR) is 101 cm³/mol. The molecule has 0 saturated carbocycles. The van der Waals surface area contributed by atoms with Gasteiger partial charge in [0.2, 0.25) is 0 Å². The van der Waals surface area contributed by atoms with Crippen LogP contribution in [-0.4, -0.2) is 45.1 Å². The third kappa shape index (κ3) is 7.11. The molecule has 0 heterocycles. The van der Waals surface area contributed by atoms with Crippen LogP contribution in [0.3, 0.4) is 0 Å². The molecule has 0 aromatic heterocycles. The summed E-state index contributed by atoms with van der Waals surface area (Å²) in [6.45, 7) is 2.38. The number of anilines is 1. The number of ether oxygens (including phenoxy) is 1. The van der Waals surface area contributed by atoms with Crippen LogP contribution < -0.4 is 20.3 Å². The number of nitrogens with one attached hydrogen (secondary N) is 3. The van der Waals surface area contributed by atoms with E-state index in [4.69, 9.17) is 4.74 Å². The van der Waals surface area contributed by atoms with E-state index in [0.717, 1.165) is 17.7 Å². The fourth-order valence-corrected chi connectivity index (χ4v) is 2.55. The second-order valence-corrected chi connectivity index (χ2v) is 6.60. The number of hydrogen-bond acceptors (Lipinski definition) is 3. The zero-order valence-electron chi connectivity index (χ0n) is 16.2. The van der Waals surface area contributed by atoms with E-state index in [1.165, 1.54) is 0 Å². The van der Waals surface area contributed by atoms with Gasteiger partial charge in [-0.1, -0.05) is 12.1 Å². The van der Waals surface area contributed by atoms with Gasteiger partial charge in [-0.3, -0.25) is 9.59 Å². The number of amides is 2. The van der Waals surface area contributed by atoms with Gasteiger partial charge in [-0.05, 0) is 36.8 Å². The van der Waals surface area contributed by atoms with Crippen LogP contribution in [0.4, 0.5) is 18.9 Å². The zero-order chi connectivity index (χ0) is 21.4. The Morgan fingerprint density at radius 2 is 1.76 bits per heavy atom. The molecule has 0 fully saturated rings. The maximum Gasteiger partial charge on any atom is 0.279 e. The third-order valence-corrected chi connectivity index (χ3v) is 3.92. The Balaban J connectivity index is 1.70. The minimum Gasteiger partial charge on any atom is -0.492 e. The van der Waals surface area contributed by atoms with E-state index in [9.17, 15) is 22.8 Å². The molecule has 9 heteroatoms. The monoisotopic (exact) mass is 410 g/mol. The van der Waals surface area contributed by atoms with Gasteiger partial charge in [0.15, 0.2) is 30.5 Å². The lowest BCUT2D eigenvalue weighted by Gasteiger charge is -2.14. The van der Waals surface area contributed by atoms with Crippen LogP contribution in [0.5, 0.6) is 5.75 Å². The molecular formula is C20H23F3N3O3+. The van der Waals surface area contributed by atoms with Crippen molar-refractivity contribution in [2.24, 2.45) is 0 Å². The maximum atomic E-state index is 13.6. The molecule has 0 aliphatic heterocycles. The minimum atomic E-state index is -1.66. The summed E-state index contributed by atoms with van der Waals surface area (Å²) < 4.78 is 45.2. The molecule has 3 N–H and O–H groups in total. The smallest absolute Gasteiger partial charge is 0.279 e. The van der Waals surface area contributed by atoms with Gasteiger partial charge in [-0.15, -0.1) is 0 Å². The van der Waals surface area contributed by atoms with Crippen LogP contribution in [0.15, 0.2) is 36.4 Å². The Morgan fingerprint density at radius 1 is 1.03 bits per heavy atom. The summed E-state index contributed by atoms with van der Waals surface area (Å²) in [4.78, 5) is 24.4. The molecule has 1 atom stereocenters. The van der Waals surface area contributed by atoms with E-state index in [1.54, 1.807) is 7.05 Å². The maximum absolute atomic E-state index is 13.6. The topological polar surface area (TPSA) is 71.9 Å². The highest BCUT2D eigenvalue weighted by Crippen LogP contribution is 2.19. The Kier molecular flexibility index (Phi) is 8.02. The Bertz CT molecular complexity index is 877. The summed E-state index contributed by atoms with van der Waals surface area (Å²) in [6, 6.07) is 9.18. The van der Waals surface area contributed by atoms with Crippen molar-refractivity contribution in [3.8, 4) is 5.75 Å². The molecule has 156 valence electrons. The first-order chi connectivity index (χ1) is 13.8. The number of carbonyl (C=O) groups is 2. The molecule has 0 radical (unpaired) electrons. The highest BCUT2D eigenvalue weighted by atomic mass is 19.2. The summed E-state index contributed by atoms with van der Waals surface area (Å²) in [6.07, 6.45) is 0. The molecule has 2 rings (SSSR count). The standard InChI is InChI=1S/C20H22F3N3O3/c1-13-4-3-5-14(10-13)29-9-8-24-17(27)11-26(2)12-18(28)25-16-7-6-15(21)19(22)20(16)23/h3-7,10H,8-9,11-12H2,1-2H3,(H,24,27)(H,25,28)/p+1. The Labute approximate surface area is 166 Å². The van der Waals surface area contributed by atoms with Crippen molar-refractivity contribution >= 4 is 17.5 Å². The van der Waals surface area contributed by atoms with E-state index >= 15 is 0 Å². The van der Waals surface area contributed by atoms with Gasteiger partial charge < -0.3 is 20.3 Å². The summed E-state index contributed by atoms with van der Waals surface area (Å²) >= 11 is 0. The van der Waals surface area contributed by atoms with Crippen LogP contribution in [-0.2, 0) is 9.59 Å². The van der Waals surface area contributed by atoms with Crippen LogP contribution in [0.1, 0.15) is 5.56 Å². The largest absolute Gasteiger partial charge is 0.492 e. The summed E-state index contributed by atoms with van der Waals surface area (Å²) in [5.74, 6) is -4.68. The molecule has 0 spiro atoms. The second-order valence-electron chi connectivity index (χ2n) is 6.60. The van der Waals surface area contributed by atoms with Crippen molar-refractivity contribution in [3.63, 3.8) is 0 Å². The van der Waals surface area contributed by atoms with Crippen LogP contribution in [0.25, 0.3) is 0 Å². The molecule has 0 aliphatic rings. The van der Waals surface area contributed by atoms with E-state index in [0.29, 0.717) is 23.8 Å². The zero-order valence-corrected chi connectivity index (χ0v) is 16.2. The lowest BCUT2D eigenvalue weighted by atomic mass is 10.2. The van der Waals surface area contributed by atoms with Gasteiger partial charge in [0.05, 0.1) is 19.3 Å². The number of quaternary nitrogens is 1. The van der Waals surface area contributed by atoms with Crippen molar-refractivity contribution in [1.82, 2.24) is 5.32 Å². The van der Waals surface area contributed by atoms with Crippen molar-refractivity contribution in [2.45, 2.75) is 6.92 Å². The fraction of sp³-hybridized carbons (Fsp3) is 0.300. The third-order valence-electron chi connectivity index (χ3n) is 3.92. The number of rotatable bonds is 9. The van der Waals surface area contributed by atoms with E-state index in [2.05, 4.69) is 10.6 Å². The first kappa shape index (κ1) is 22.2. The van der Waals surface area contributed by atoms with E-state index < -0.39 is 29.0 Å². The van der Waals surface area contributed by atoms with Gasteiger partial charge in [0.25, 0.3) is 11.8 Å². The summed E-state index contributed by atoms with van der Waals surface area (Å²) in [5, 5.41) is 4.84. The number of halogens is 3. The average Bonchev–Trinajstić information content (AvgIpc) is 2.65. The summed E-state index contributed by atoms with van der Waals surface area (Å²) in [5.41, 5.74) is 0.609. The van der Waals surface area contributed by atoms with E-state index in [1.807, 2.05) is 31.2 Å². The van der Waals surface area contributed by atoms with Gasteiger partial charge in [0.1, 0.15) is 12.4 Å². The lowest BCUT2D eigenvalue weighted by Crippen LogP contribution is -3.11. The number of carbonyl (C=O) groups excluding carboxylic acids is 2. The highest BCUT2D eigenvalue weighted by molar-refractivity contribution is 5.91. The molecule has 2 aromatic carbocycles. The van der Waals surface area contributed by atoms with Gasteiger partial charge >= 0.3 is 0 Å². The second kappa shape index (κ2) is 10.5. The molecule has 2 amide bonds. The molecular weight excluding hydrogens is 387 g/mol. The predicted octanol–water partition coefficient (Wildman–Crippen LogP) is 1.06. The fourth-order valence-electron chi connectivity index (χ4n) is 2.55. The van der Waals surface area contributed by atoms with Gasteiger partial charge in [-0.2, -0.15) is 0 Å². The molecule has 0 aliphatic carbocycles. The van der Waals surface area contributed by atoms with Crippen molar-refractivity contribution in [1.29, 1.82) is 0 Å². The normalized spacial score (nSPS) is 11.6. The number of aryl methyl sites for hydroxylation is 1. The van der Waals surface area contributed by atoms with Crippen LogP contribution in [0, 0.1) is 24.4 Å². The Hall–Kier alpha value is -3.07. The molecule has 1 unspecified atom stereocenters. The van der Waals surface area contributed by atoms with Crippen molar-refractivity contribution in [3.05, 3.63) is 59.4 Å². The molecule has 6 nitrogen and oxygen atoms in total. The van der Waals surface area contributed by atoms with Crippen molar-refractivity contribution in [2.75, 3.05) is 38.6 Å². The Morgan fingerprint density at radius 3 is 2.48 bits per heavy atom. The van der Waals surface area contributed by atoms with Gasteiger partial charge in [0, 0.05) is 0 Å². The lowest BCUT2D eigenvalue weighted by molar-refractivity contribution is -0.862. The molecule has 2 aromatic rings. The molecule has 0 bridgehead atoms. The quantitative estimate of drug-likeness (QED) is 0.428. The summed E-state index contributed by atoms with van der Waals surface area (Å²) in [7, 11) is 1.60. The SMILES string of the molecule is Cc1cccc(OCCNC(=O)C[NH+](C)CC(=O)Nc2ccc(F)c(F)c2F)c1. The number of benzene rings is 2. The first-order valence-electron chi connectivity index (χ1n) is 8.97. The highest BCUT2D eigenvalue weighted by Gasteiger charge is 2.18. The minimum absolute atomic E-state index is 0.00186. The first-order valence-corrected chi connectivity index (χ1v) is 8.97. The molecule has 29 heavy (non-hydrogen) atoms. The van der Waals surface area contributed by atoms with Crippen LogP contribution >= 0.6 is 0 Å².